The molecule has 0 radical (unpaired) electrons. The van der Waals surface area contributed by atoms with Crippen molar-refractivity contribution in [3.8, 4) is 5.75 Å². The van der Waals surface area contributed by atoms with Crippen molar-refractivity contribution in [2.24, 2.45) is 0 Å². The Morgan fingerprint density at radius 3 is 3.11 bits per heavy atom. The molecule has 5 heteroatoms. The summed E-state index contributed by atoms with van der Waals surface area (Å²) in [6.07, 6.45) is 2.30. The molecule has 1 unspecified atom stereocenters. The van der Waals surface area contributed by atoms with Gasteiger partial charge in [0.25, 0.3) is 0 Å². The average Bonchev–Trinajstić information content (AvgIpc) is 2.49. The van der Waals surface area contributed by atoms with Crippen LogP contribution < -0.4 is 10.5 Å². The molecule has 0 spiro atoms. The number of nitrogen functional groups attached to an aromatic ring is 1. The molecule has 2 N–H and O–H groups in total. The maximum atomic E-state index is 11.8. The SMILES string of the molecule is CCOC(=O)C1=Cc2cccc(N)c2OC(I)C1. The molecule has 0 saturated heterocycles. The third-order valence-corrected chi connectivity index (χ3v) is 3.26. The van der Waals surface area contributed by atoms with E-state index in [-0.39, 0.29) is 10.1 Å². The van der Waals surface area contributed by atoms with Crippen LogP contribution in [0.3, 0.4) is 0 Å². The van der Waals surface area contributed by atoms with Gasteiger partial charge in [0.2, 0.25) is 0 Å². The molecule has 1 aromatic carbocycles. The first kappa shape index (κ1) is 13.2. The number of hydrogen-bond donors (Lipinski definition) is 1. The average molecular weight is 359 g/mol. The maximum absolute atomic E-state index is 11.8. The molecule has 1 heterocycles. The number of ether oxygens (including phenoxy) is 2. The van der Waals surface area contributed by atoms with E-state index in [2.05, 4.69) is 22.6 Å². The van der Waals surface area contributed by atoms with E-state index in [1.54, 1.807) is 19.1 Å². The van der Waals surface area contributed by atoms with Crippen molar-refractivity contribution in [1.29, 1.82) is 0 Å². The van der Waals surface area contributed by atoms with Gasteiger partial charge in [-0.1, -0.05) is 12.1 Å². The summed E-state index contributed by atoms with van der Waals surface area (Å²) in [6.45, 7) is 2.16. The van der Waals surface area contributed by atoms with Crippen LogP contribution in [0.4, 0.5) is 5.69 Å². The zero-order chi connectivity index (χ0) is 13.1. The van der Waals surface area contributed by atoms with Crippen molar-refractivity contribution < 1.29 is 14.3 Å². The normalized spacial score (nSPS) is 18.1. The molecular weight excluding hydrogens is 345 g/mol. The fraction of sp³-hybridized carbons (Fsp3) is 0.308. The molecule has 0 aromatic heterocycles. The topological polar surface area (TPSA) is 61.5 Å². The van der Waals surface area contributed by atoms with Gasteiger partial charge < -0.3 is 15.2 Å². The van der Waals surface area contributed by atoms with Gasteiger partial charge in [-0.2, -0.15) is 0 Å². The molecule has 1 aliphatic heterocycles. The molecule has 0 fully saturated rings. The first-order valence-electron chi connectivity index (χ1n) is 5.68. The number of hydrogen-bond acceptors (Lipinski definition) is 4. The lowest BCUT2D eigenvalue weighted by Crippen LogP contribution is -2.14. The second-order valence-electron chi connectivity index (χ2n) is 3.89. The molecule has 0 saturated carbocycles. The van der Waals surface area contributed by atoms with Crippen molar-refractivity contribution in [2.45, 2.75) is 17.5 Å². The van der Waals surface area contributed by atoms with Gasteiger partial charge in [0.1, 0.15) is 0 Å². The van der Waals surface area contributed by atoms with Crippen LogP contribution in [0.25, 0.3) is 6.08 Å². The fourth-order valence-electron chi connectivity index (χ4n) is 1.78. The van der Waals surface area contributed by atoms with Gasteiger partial charge in [-0.25, -0.2) is 4.79 Å². The highest BCUT2D eigenvalue weighted by Gasteiger charge is 2.22. The summed E-state index contributed by atoms with van der Waals surface area (Å²) in [5.74, 6) is 0.342. The second kappa shape index (κ2) is 5.60. The third kappa shape index (κ3) is 2.77. The molecule has 2 rings (SSSR count). The Labute approximate surface area is 119 Å². The van der Waals surface area contributed by atoms with Crippen LogP contribution in [-0.4, -0.2) is 16.7 Å². The van der Waals surface area contributed by atoms with Gasteiger partial charge in [-0.05, 0) is 41.7 Å². The Morgan fingerprint density at radius 2 is 2.39 bits per heavy atom. The first-order valence-corrected chi connectivity index (χ1v) is 6.93. The highest BCUT2D eigenvalue weighted by Crippen LogP contribution is 2.35. The van der Waals surface area contributed by atoms with Crippen LogP contribution in [0.1, 0.15) is 18.9 Å². The molecule has 0 amide bonds. The number of esters is 1. The Bertz CT molecular complexity index is 499. The van der Waals surface area contributed by atoms with Crippen molar-refractivity contribution >= 4 is 40.3 Å². The Hall–Kier alpha value is -1.24. The van der Waals surface area contributed by atoms with Crippen LogP contribution in [0.15, 0.2) is 23.8 Å². The van der Waals surface area contributed by atoms with Gasteiger partial charge in [-0.15, -0.1) is 0 Å². The minimum Gasteiger partial charge on any atom is -0.477 e. The lowest BCUT2D eigenvalue weighted by atomic mass is 10.1. The van der Waals surface area contributed by atoms with E-state index >= 15 is 0 Å². The molecule has 0 bridgehead atoms. The van der Waals surface area contributed by atoms with Crippen LogP contribution >= 0.6 is 22.6 Å². The number of carbonyl (C=O) groups is 1. The Balaban J connectivity index is 2.41. The van der Waals surface area contributed by atoms with Gasteiger partial charge in [0.05, 0.1) is 12.3 Å². The molecular formula is C13H14INO3. The number of nitrogens with two attached hydrogens (primary N) is 1. The van der Waals surface area contributed by atoms with E-state index < -0.39 is 0 Å². The van der Waals surface area contributed by atoms with Gasteiger partial charge >= 0.3 is 5.97 Å². The van der Waals surface area contributed by atoms with Crippen LogP contribution in [0.5, 0.6) is 5.75 Å². The molecule has 0 aliphatic carbocycles. The van der Waals surface area contributed by atoms with Crippen molar-refractivity contribution in [2.75, 3.05) is 12.3 Å². The van der Waals surface area contributed by atoms with E-state index in [1.165, 1.54) is 0 Å². The molecule has 18 heavy (non-hydrogen) atoms. The van der Waals surface area contributed by atoms with Crippen molar-refractivity contribution in [3.05, 3.63) is 29.3 Å². The van der Waals surface area contributed by atoms with Gasteiger partial charge in [0.15, 0.2) is 9.86 Å². The Kier molecular flexibility index (Phi) is 4.11. The van der Waals surface area contributed by atoms with Gasteiger partial charge in [0, 0.05) is 17.6 Å². The summed E-state index contributed by atoms with van der Waals surface area (Å²) in [4.78, 5) is 11.8. The van der Waals surface area contributed by atoms with Crippen molar-refractivity contribution in [1.82, 2.24) is 0 Å². The summed E-state index contributed by atoms with van der Waals surface area (Å²) >= 11 is 2.15. The first-order chi connectivity index (χ1) is 8.61. The quantitative estimate of drug-likeness (QED) is 0.382. The summed E-state index contributed by atoms with van der Waals surface area (Å²) in [7, 11) is 0. The summed E-state index contributed by atoms with van der Waals surface area (Å²) < 4.78 is 10.6. The number of fused-ring (bicyclic) bond motifs is 1. The van der Waals surface area contributed by atoms with E-state index in [1.807, 2.05) is 12.1 Å². The maximum Gasteiger partial charge on any atom is 0.334 e. The van der Waals surface area contributed by atoms with E-state index in [0.29, 0.717) is 30.0 Å². The molecule has 96 valence electrons. The largest absolute Gasteiger partial charge is 0.477 e. The monoisotopic (exact) mass is 359 g/mol. The highest BCUT2D eigenvalue weighted by molar-refractivity contribution is 14.1. The van der Waals surface area contributed by atoms with E-state index in [9.17, 15) is 4.79 Å². The summed E-state index contributed by atoms with van der Waals surface area (Å²) in [5.41, 5.74) is 7.89. The second-order valence-corrected chi connectivity index (χ2v) is 5.28. The smallest absolute Gasteiger partial charge is 0.334 e. The lowest BCUT2D eigenvalue weighted by Gasteiger charge is -2.13. The molecule has 1 aromatic rings. The lowest BCUT2D eigenvalue weighted by molar-refractivity contribution is -0.138. The standard InChI is InChI=1S/C13H14INO3/c1-2-17-13(16)9-6-8-4-3-5-10(15)12(8)18-11(14)7-9/h3-6,11H,2,7,15H2,1H3. The summed E-state index contributed by atoms with van der Waals surface area (Å²) in [6, 6.07) is 5.50. The van der Waals surface area contributed by atoms with E-state index in [0.717, 1.165) is 5.56 Å². The fourth-order valence-corrected chi connectivity index (χ4v) is 2.51. The zero-order valence-corrected chi connectivity index (χ0v) is 12.1. The minimum atomic E-state index is -0.293. The van der Waals surface area contributed by atoms with Crippen LogP contribution in [0.2, 0.25) is 0 Å². The number of carbonyl (C=O) groups excluding carboxylic acids is 1. The number of halogens is 1. The highest BCUT2D eigenvalue weighted by atomic mass is 127. The molecule has 1 aliphatic rings. The predicted molar refractivity (Wildman–Crippen MR) is 78.5 cm³/mol. The molecule has 1 atom stereocenters. The Morgan fingerprint density at radius 1 is 1.61 bits per heavy atom. The van der Waals surface area contributed by atoms with Crippen molar-refractivity contribution in [3.63, 3.8) is 0 Å². The number of benzene rings is 1. The van der Waals surface area contributed by atoms with Crippen LogP contribution in [-0.2, 0) is 9.53 Å². The minimum absolute atomic E-state index is 0.135. The molecule has 4 nitrogen and oxygen atoms in total. The number of anilines is 1. The number of rotatable bonds is 2. The third-order valence-electron chi connectivity index (χ3n) is 2.57. The predicted octanol–water partition coefficient (Wildman–Crippen LogP) is 2.76. The number of alkyl halides is 1. The zero-order valence-electron chi connectivity index (χ0n) is 9.98. The van der Waals surface area contributed by atoms with Gasteiger partial charge in [-0.3, -0.25) is 0 Å². The summed E-state index contributed by atoms with van der Waals surface area (Å²) in [5, 5.41) is 0. The van der Waals surface area contributed by atoms with Crippen LogP contribution in [0, 0.1) is 0 Å². The van der Waals surface area contributed by atoms with E-state index in [4.69, 9.17) is 15.2 Å². The number of para-hydroxylation sites is 1.